The van der Waals surface area contributed by atoms with Crippen molar-refractivity contribution < 1.29 is 4.74 Å². The van der Waals surface area contributed by atoms with Crippen LogP contribution in [0.2, 0.25) is 0 Å². The van der Waals surface area contributed by atoms with Crippen LogP contribution in [0.25, 0.3) is 0 Å². The van der Waals surface area contributed by atoms with Crippen molar-refractivity contribution in [3.8, 4) is 6.01 Å². The van der Waals surface area contributed by atoms with Crippen LogP contribution >= 0.6 is 0 Å². The van der Waals surface area contributed by atoms with Gasteiger partial charge in [0.15, 0.2) is 0 Å². The third-order valence-electron chi connectivity index (χ3n) is 3.25. The highest BCUT2D eigenvalue weighted by Gasteiger charge is 2.14. The van der Waals surface area contributed by atoms with E-state index in [2.05, 4.69) is 19.9 Å². The van der Waals surface area contributed by atoms with Gasteiger partial charge in [-0.15, -0.1) is 0 Å². The van der Waals surface area contributed by atoms with Gasteiger partial charge in [-0.3, -0.25) is 0 Å². The number of ether oxygens (including phenoxy) is 1. The lowest BCUT2D eigenvalue weighted by atomic mass is 10.4. The quantitative estimate of drug-likeness (QED) is 0.824. The van der Waals surface area contributed by atoms with Crippen molar-refractivity contribution >= 4 is 11.9 Å². The van der Waals surface area contributed by atoms with E-state index in [0.29, 0.717) is 5.95 Å². The zero-order valence-corrected chi connectivity index (χ0v) is 12.5. The number of nitrogens with two attached hydrogens (primary N) is 1. The third kappa shape index (κ3) is 4.19. The van der Waals surface area contributed by atoms with Gasteiger partial charge in [0.1, 0.15) is 0 Å². The number of aromatic nitrogens is 3. The number of nitrogen functional groups attached to an aromatic ring is 1. The monoisotopic (exact) mass is 280 g/mol. The molecule has 1 aliphatic rings. The SMILES string of the molecule is CC(C)Oc1nc(N)nc(N(C)CCN2CCCC2)n1. The van der Waals surface area contributed by atoms with Gasteiger partial charge in [0, 0.05) is 20.1 Å². The number of rotatable bonds is 6. The third-order valence-corrected chi connectivity index (χ3v) is 3.25. The smallest absolute Gasteiger partial charge is 0.323 e. The minimum atomic E-state index is 0.0135. The van der Waals surface area contributed by atoms with Gasteiger partial charge in [-0.2, -0.15) is 15.0 Å². The summed E-state index contributed by atoms with van der Waals surface area (Å²) < 4.78 is 5.48. The van der Waals surface area contributed by atoms with Crippen molar-refractivity contribution in [3.05, 3.63) is 0 Å². The van der Waals surface area contributed by atoms with Gasteiger partial charge in [0.2, 0.25) is 11.9 Å². The Hall–Kier alpha value is -1.63. The van der Waals surface area contributed by atoms with Crippen LogP contribution in [0, 0.1) is 0 Å². The molecule has 1 aliphatic heterocycles. The summed E-state index contributed by atoms with van der Waals surface area (Å²) in [6.07, 6.45) is 2.61. The van der Waals surface area contributed by atoms with Crippen LogP contribution in [0.5, 0.6) is 6.01 Å². The molecule has 1 aromatic rings. The van der Waals surface area contributed by atoms with E-state index in [9.17, 15) is 0 Å². The highest BCUT2D eigenvalue weighted by molar-refractivity contribution is 5.34. The highest BCUT2D eigenvalue weighted by atomic mass is 16.5. The predicted molar refractivity (Wildman–Crippen MR) is 78.9 cm³/mol. The Morgan fingerprint density at radius 1 is 1.25 bits per heavy atom. The van der Waals surface area contributed by atoms with Crippen molar-refractivity contribution in [2.75, 3.05) is 43.9 Å². The van der Waals surface area contributed by atoms with Gasteiger partial charge in [-0.05, 0) is 39.8 Å². The standard InChI is InChI=1S/C13H24N6O/c1-10(2)20-13-16-11(14)15-12(17-13)18(3)8-9-19-6-4-5-7-19/h10H,4-9H2,1-3H3,(H2,14,15,16,17). The Labute approximate surface area is 120 Å². The van der Waals surface area contributed by atoms with Gasteiger partial charge in [0.25, 0.3) is 0 Å². The maximum Gasteiger partial charge on any atom is 0.323 e. The molecule has 2 heterocycles. The molecule has 0 aliphatic carbocycles. The fourth-order valence-corrected chi connectivity index (χ4v) is 2.19. The van der Waals surface area contributed by atoms with E-state index in [1.807, 2.05) is 25.8 Å². The zero-order valence-electron chi connectivity index (χ0n) is 12.5. The largest absolute Gasteiger partial charge is 0.461 e. The van der Waals surface area contributed by atoms with Crippen LogP contribution in [0.1, 0.15) is 26.7 Å². The Balaban J connectivity index is 1.96. The first-order chi connectivity index (χ1) is 9.54. The van der Waals surface area contributed by atoms with Crippen LogP contribution in [-0.4, -0.2) is 59.2 Å². The van der Waals surface area contributed by atoms with Crippen molar-refractivity contribution in [1.29, 1.82) is 0 Å². The lowest BCUT2D eigenvalue weighted by Crippen LogP contribution is -2.32. The molecule has 2 N–H and O–H groups in total. The van der Waals surface area contributed by atoms with Crippen LogP contribution < -0.4 is 15.4 Å². The number of likely N-dealkylation sites (tertiary alicyclic amines) is 1. The zero-order chi connectivity index (χ0) is 14.5. The van der Waals surface area contributed by atoms with Crippen LogP contribution in [0.4, 0.5) is 11.9 Å². The number of hydrogen-bond donors (Lipinski definition) is 1. The minimum Gasteiger partial charge on any atom is -0.461 e. The molecule has 0 radical (unpaired) electrons. The molecule has 20 heavy (non-hydrogen) atoms. The summed E-state index contributed by atoms with van der Waals surface area (Å²) >= 11 is 0. The predicted octanol–water partition coefficient (Wildman–Crippen LogP) is 0.773. The molecule has 7 nitrogen and oxygen atoms in total. The van der Waals surface area contributed by atoms with Gasteiger partial charge in [-0.25, -0.2) is 0 Å². The summed E-state index contributed by atoms with van der Waals surface area (Å²) in [5, 5.41) is 0. The van der Waals surface area contributed by atoms with E-state index in [0.717, 1.165) is 13.1 Å². The van der Waals surface area contributed by atoms with E-state index < -0.39 is 0 Å². The maximum atomic E-state index is 5.71. The second-order valence-corrected chi connectivity index (χ2v) is 5.41. The molecule has 0 bridgehead atoms. The maximum absolute atomic E-state index is 5.71. The van der Waals surface area contributed by atoms with Crippen molar-refractivity contribution in [1.82, 2.24) is 19.9 Å². The molecule has 1 fully saturated rings. The topological polar surface area (TPSA) is 80.4 Å². The molecule has 0 unspecified atom stereocenters. The van der Waals surface area contributed by atoms with E-state index in [1.165, 1.54) is 25.9 Å². The first-order valence-electron chi connectivity index (χ1n) is 7.16. The summed E-state index contributed by atoms with van der Waals surface area (Å²) in [7, 11) is 1.96. The number of nitrogens with zero attached hydrogens (tertiary/aromatic N) is 5. The molecule has 0 saturated carbocycles. The molecule has 0 atom stereocenters. The van der Waals surface area contributed by atoms with Crippen molar-refractivity contribution in [2.24, 2.45) is 0 Å². The molecule has 2 rings (SSSR count). The van der Waals surface area contributed by atoms with Crippen LogP contribution in [0.3, 0.4) is 0 Å². The van der Waals surface area contributed by atoms with E-state index in [1.54, 1.807) is 0 Å². The minimum absolute atomic E-state index is 0.0135. The molecule has 0 amide bonds. The average Bonchev–Trinajstić information content (AvgIpc) is 2.87. The summed E-state index contributed by atoms with van der Waals surface area (Å²) in [4.78, 5) is 16.9. The number of anilines is 2. The van der Waals surface area contributed by atoms with Crippen LogP contribution in [-0.2, 0) is 0 Å². The van der Waals surface area contributed by atoms with Crippen molar-refractivity contribution in [2.45, 2.75) is 32.8 Å². The van der Waals surface area contributed by atoms with Crippen LogP contribution in [0.15, 0.2) is 0 Å². The van der Waals surface area contributed by atoms with Gasteiger partial charge in [-0.1, -0.05) is 0 Å². The lowest BCUT2D eigenvalue weighted by molar-refractivity contribution is 0.222. The second-order valence-electron chi connectivity index (χ2n) is 5.41. The van der Waals surface area contributed by atoms with Crippen molar-refractivity contribution in [3.63, 3.8) is 0 Å². The fourth-order valence-electron chi connectivity index (χ4n) is 2.19. The fraction of sp³-hybridized carbons (Fsp3) is 0.769. The van der Waals surface area contributed by atoms with E-state index in [-0.39, 0.29) is 18.1 Å². The van der Waals surface area contributed by atoms with Gasteiger partial charge >= 0.3 is 6.01 Å². The summed E-state index contributed by atoms with van der Waals surface area (Å²) in [5.74, 6) is 0.756. The lowest BCUT2D eigenvalue weighted by Gasteiger charge is -2.21. The molecule has 1 aromatic heterocycles. The Bertz CT molecular complexity index is 433. The summed E-state index contributed by atoms with van der Waals surface area (Å²) in [5.41, 5.74) is 5.71. The molecule has 1 saturated heterocycles. The molecular formula is C13H24N6O. The molecule has 0 spiro atoms. The van der Waals surface area contributed by atoms with E-state index in [4.69, 9.17) is 10.5 Å². The van der Waals surface area contributed by atoms with Gasteiger partial charge < -0.3 is 20.3 Å². The van der Waals surface area contributed by atoms with E-state index >= 15 is 0 Å². The van der Waals surface area contributed by atoms with Gasteiger partial charge in [0.05, 0.1) is 6.10 Å². The Morgan fingerprint density at radius 3 is 2.60 bits per heavy atom. The first-order valence-corrected chi connectivity index (χ1v) is 7.16. The average molecular weight is 280 g/mol. The second kappa shape index (κ2) is 6.69. The molecular weight excluding hydrogens is 256 g/mol. The Morgan fingerprint density at radius 2 is 1.95 bits per heavy atom. The normalized spacial score (nSPS) is 15.8. The summed E-state index contributed by atoms with van der Waals surface area (Å²) in [6.45, 7) is 8.12. The first kappa shape index (κ1) is 14.8. The molecule has 7 heteroatoms. The number of likely N-dealkylation sites (N-methyl/N-ethyl adjacent to an activating group) is 1. The molecule has 0 aromatic carbocycles. The molecule has 112 valence electrons. The number of hydrogen-bond acceptors (Lipinski definition) is 7. The summed E-state index contributed by atoms with van der Waals surface area (Å²) in [6, 6.07) is 0.288. The Kier molecular flexibility index (Phi) is 4.94. The highest BCUT2D eigenvalue weighted by Crippen LogP contribution is 2.14.